The summed E-state index contributed by atoms with van der Waals surface area (Å²) in [5.74, 6) is 1.06. The number of tetrazole rings is 1. The molecule has 0 radical (unpaired) electrons. The number of ether oxygens (including phenoxy) is 1. The van der Waals surface area contributed by atoms with Crippen molar-refractivity contribution in [2.75, 3.05) is 6.61 Å². The van der Waals surface area contributed by atoms with E-state index < -0.39 is 0 Å². The molecule has 2 aromatic heterocycles. The minimum atomic E-state index is -0.386. The molecule has 0 amide bonds. The van der Waals surface area contributed by atoms with Crippen LogP contribution in [0.1, 0.15) is 28.7 Å². The number of benzene rings is 3. The van der Waals surface area contributed by atoms with E-state index in [4.69, 9.17) is 16.3 Å². The molecule has 0 fully saturated rings. The average Bonchev–Trinajstić information content (AvgIpc) is 3.53. The third-order valence-corrected chi connectivity index (χ3v) is 5.81. The second-order valence-corrected chi connectivity index (χ2v) is 7.90. The van der Waals surface area contributed by atoms with Gasteiger partial charge in [-0.3, -0.25) is 0 Å². The average molecular weight is 473 g/mol. The lowest BCUT2D eigenvalue weighted by molar-refractivity contribution is 0.0528. The number of rotatable bonds is 7. The van der Waals surface area contributed by atoms with Crippen LogP contribution in [0, 0.1) is 0 Å². The Morgan fingerprint density at radius 1 is 1.06 bits per heavy atom. The van der Waals surface area contributed by atoms with Crippen LogP contribution in [-0.2, 0) is 17.2 Å². The summed E-state index contributed by atoms with van der Waals surface area (Å²) in [6.45, 7) is 2.54. The molecule has 0 spiro atoms. The number of hydrogen-bond donors (Lipinski definition) is 1. The summed E-state index contributed by atoms with van der Waals surface area (Å²) in [5, 5.41) is 14.5. The van der Waals surface area contributed by atoms with Gasteiger partial charge in [0.05, 0.1) is 29.1 Å². The number of para-hydroxylation sites is 1. The van der Waals surface area contributed by atoms with E-state index in [-0.39, 0.29) is 11.8 Å². The molecule has 2 heterocycles. The molecule has 5 aromatic rings. The Labute approximate surface area is 200 Å². The van der Waals surface area contributed by atoms with Crippen molar-refractivity contribution in [3.63, 3.8) is 0 Å². The van der Waals surface area contributed by atoms with Crippen LogP contribution in [0.3, 0.4) is 0 Å². The van der Waals surface area contributed by atoms with Gasteiger partial charge in [-0.05, 0) is 52.2 Å². The largest absolute Gasteiger partial charge is 0.462 e. The summed E-state index contributed by atoms with van der Waals surface area (Å²) in [7, 11) is 0. The van der Waals surface area contributed by atoms with Crippen molar-refractivity contribution in [1.82, 2.24) is 30.2 Å². The van der Waals surface area contributed by atoms with Gasteiger partial charge in [0.2, 0.25) is 0 Å². The predicted octanol–water partition coefficient (Wildman–Crippen LogP) is 4.85. The van der Waals surface area contributed by atoms with E-state index in [1.165, 1.54) is 0 Å². The number of nitrogens with zero attached hydrogens (tertiary/aromatic N) is 5. The summed E-state index contributed by atoms with van der Waals surface area (Å²) in [5.41, 5.74) is 5.77. The fourth-order valence-electron chi connectivity index (χ4n) is 4.09. The normalized spacial score (nSPS) is 11.1. The maximum atomic E-state index is 12.6. The van der Waals surface area contributed by atoms with E-state index in [2.05, 4.69) is 25.6 Å². The summed E-state index contributed by atoms with van der Waals surface area (Å²) >= 11 is 6.25. The Balaban J connectivity index is 1.63. The first kappa shape index (κ1) is 21.8. The molecule has 34 heavy (non-hydrogen) atoms. The number of aromatic amines is 1. The first-order valence-corrected chi connectivity index (χ1v) is 11.4. The molecule has 9 heteroatoms. The van der Waals surface area contributed by atoms with Gasteiger partial charge in [-0.2, -0.15) is 0 Å². The molecule has 0 saturated carbocycles. The maximum Gasteiger partial charge on any atom is 0.340 e. The zero-order valence-corrected chi connectivity index (χ0v) is 19.2. The highest BCUT2D eigenvalue weighted by atomic mass is 35.5. The standard InChI is InChI=1S/C25H21ClN6O2/c1-2-34-25(33)19-9-6-10-21-23(19)32(22(14-26)27-21)15-16-11-12-18(17-7-4-3-5-8-17)20(13-16)24-28-30-31-29-24/h3-13H,2,14-15H2,1H3,(H,28,29,30,31). The van der Waals surface area contributed by atoms with E-state index in [9.17, 15) is 4.79 Å². The molecule has 0 aliphatic carbocycles. The molecule has 5 rings (SSSR count). The molecule has 0 atom stereocenters. The number of H-pyrrole nitrogens is 1. The van der Waals surface area contributed by atoms with Gasteiger partial charge in [0.1, 0.15) is 5.82 Å². The maximum absolute atomic E-state index is 12.6. The van der Waals surface area contributed by atoms with Crippen molar-refractivity contribution in [2.24, 2.45) is 0 Å². The van der Waals surface area contributed by atoms with Gasteiger partial charge in [0.15, 0.2) is 5.82 Å². The van der Waals surface area contributed by atoms with Crippen LogP contribution in [0.4, 0.5) is 0 Å². The Kier molecular flexibility index (Phi) is 6.05. The van der Waals surface area contributed by atoms with Gasteiger partial charge in [-0.15, -0.1) is 16.7 Å². The highest BCUT2D eigenvalue weighted by Gasteiger charge is 2.20. The SMILES string of the molecule is CCOC(=O)c1cccc2nc(CCl)n(Cc3ccc(-c4ccccc4)c(-c4nnn[nH]4)c3)c12. The van der Waals surface area contributed by atoms with E-state index in [1.807, 2.05) is 59.2 Å². The van der Waals surface area contributed by atoms with Crippen molar-refractivity contribution in [2.45, 2.75) is 19.3 Å². The van der Waals surface area contributed by atoms with Crippen LogP contribution >= 0.6 is 11.6 Å². The van der Waals surface area contributed by atoms with Gasteiger partial charge >= 0.3 is 5.97 Å². The molecule has 0 saturated heterocycles. The lowest BCUT2D eigenvalue weighted by Gasteiger charge is -2.13. The third-order valence-electron chi connectivity index (χ3n) is 5.57. The number of nitrogens with one attached hydrogen (secondary N) is 1. The summed E-state index contributed by atoms with van der Waals surface area (Å²) in [6, 6.07) is 21.6. The zero-order chi connectivity index (χ0) is 23.5. The molecule has 3 aromatic carbocycles. The van der Waals surface area contributed by atoms with E-state index >= 15 is 0 Å². The number of carbonyl (C=O) groups excluding carboxylic acids is 1. The molecular formula is C25H21ClN6O2. The summed E-state index contributed by atoms with van der Waals surface area (Å²) < 4.78 is 7.24. The highest BCUT2D eigenvalue weighted by molar-refractivity contribution is 6.17. The molecule has 8 nitrogen and oxygen atoms in total. The molecule has 0 aliphatic rings. The van der Waals surface area contributed by atoms with Crippen molar-refractivity contribution >= 4 is 28.6 Å². The number of alkyl halides is 1. The number of esters is 1. The Bertz CT molecular complexity index is 1450. The van der Waals surface area contributed by atoms with Crippen molar-refractivity contribution < 1.29 is 9.53 Å². The second-order valence-electron chi connectivity index (χ2n) is 7.64. The smallest absolute Gasteiger partial charge is 0.340 e. The monoisotopic (exact) mass is 472 g/mol. The number of halogens is 1. The first-order valence-electron chi connectivity index (χ1n) is 10.8. The molecule has 0 aliphatic heterocycles. The fraction of sp³-hybridized carbons (Fsp3) is 0.160. The predicted molar refractivity (Wildman–Crippen MR) is 129 cm³/mol. The van der Waals surface area contributed by atoms with Crippen LogP contribution in [0.5, 0.6) is 0 Å². The number of aromatic nitrogens is 6. The molecule has 0 unspecified atom stereocenters. The van der Waals surface area contributed by atoms with E-state index in [1.54, 1.807) is 19.1 Å². The van der Waals surface area contributed by atoms with Gasteiger partial charge in [0.25, 0.3) is 0 Å². The summed E-state index contributed by atoms with van der Waals surface area (Å²) in [4.78, 5) is 17.3. The Hall–Kier alpha value is -4.04. The van der Waals surface area contributed by atoms with Gasteiger partial charge in [-0.25, -0.2) is 14.9 Å². The van der Waals surface area contributed by atoms with Crippen molar-refractivity contribution in [3.8, 4) is 22.5 Å². The summed E-state index contributed by atoms with van der Waals surface area (Å²) in [6.07, 6.45) is 0. The number of fused-ring (bicyclic) bond motifs is 1. The molecule has 1 N–H and O–H groups in total. The molecule has 0 bridgehead atoms. The lowest BCUT2D eigenvalue weighted by atomic mass is 9.97. The molecule has 170 valence electrons. The Morgan fingerprint density at radius 3 is 2.65 bits per heavy atom. The van der Waals surface area contributed by atoms with E-state index in [0.29, 0.717) is 41.4 Å². The molecular weight excluding hydrogens is 452 g/mol. The van der Waals surface area contributed by atoms with Crippen LogP contribution < -0.4 is 0 Å². The Morgan fingerprint density at radius 2 is 1.91 bits per heavy atom. The van der Waals surface area contributed by atoms with Crippen LogP contribution in [-0.4, -0.2) is 42.8 Å². The third kappa shape index (κ3) is 4.04. The number of carbonyl (C=O) groups is 1. The van der Waals surface area contributed by atoms with Crippen molar-refractivity contribution in [1.29, 1.82) is 0 Å². The minimum Gasteiger partial charge on any atom is -0.462 e. The second kappa shape index (κ2) is 9.44. The van der Waals surface area contributed by atoms with Crippen LogP contribution in [0.2, 0.25) is 0 Å². The van der Waals surface area contributed by atoms with Gasteiger partial charge in [0, 0.05) is 12.1 Å². The zero-order valence-electron chi connectivity index (χ0n) is 18.4. The first-order chi connectivity index (χ1) is 16.7. The number of hydrogen-bond acceptors (Lipinski definition) is 6. The van der Waals surface area contributed by atoms with Crippen LogP contribution in [0.15, 0.2) is 66.7 Å². The van der Waals surface area contributed by atoms with Crippen molar-refractivity contribution in [3.05, 3.63) is 83.7 Å². The van der Waals surface area contributed by atoms with E-state index in [0.717, 1.165) is 22.3 Å². The van der Waals surface area contributed by atoms with Gasteiger partial charge in [-0.1, -0.05) is 48.5 Å². The topological polar surface area (TPSA) is 98.6 Å². The van der Waals surface area contributed by atoms with Gasteiger partial charge < -0.3 is 9.30 Å². The highest BCUT2D eigenvalue weighted by Crippen LogP contribution is 2.32. The lowest BCUT2D eigenvalue weighted by Crippen LogP contribution is -2.10. The van der Waals surface area contributed by atoms with Crippen LogP contribution in [0.25, 0.3) is 33.5 Å². The fourth-order valence-corrected chi connectivity index (χ4v) is 4.29. The number of imidazole rings is 1. The quantitative estimate of drug-likeness (QED) is 0.268. The minimum absolute atomic E-state index is 0.206.